The number of anilines is 1. The van der Waals surface area contributed by atoms with Gasteiger partial charge in [-0.05, 0) is 17.7 Å². The third-order valence-electron chi connectivity index (χ3n) is 4.16. The minimum atomic E-state index is -4.44. The molecule has 32 heavy (non-hydrogen) atoms. The minimum absolute atomic E-state index is 0.00900. The normalized spacial score (nSPS) is 11.6. The first-order chi connectivity index (χ1) is 15.0. The summed E-state index contributed by atoms with van der Waals surface area (Å²) in [5, 5.41) is 6.29. The van der Waals surface area contributed by atoms with Gasteiger partial charge < -0.3 is 10.1 Å². The molecule has 0 fully saturated rings. The van der Waals surface area contributed by atoms with E-state index in [-0.39, 0.29) is 24.1 Å². The average molecular weight is 461 g/mol. The number of ether oxygens (including phenoxy) is 1. The predicted molar refractivity (Wildman–Crippen MR) is 97.7 cm³/mol. The second-order valence-electron chi connectivity index (χ2n) is 6.60. The van der Waals surface area contributed by atoms with Crippen molar-refractivity contribution in [1.29, 1.82) is 0 Å². The van der Waals surface area contributed by atoms with Crippen LogP contribution in [-0.4, -0.2) is 28.5 Å². The number of carbonyl (C=O) groups excluding carboxylic acids is 1. The first-order valence-electron chi connectivity index (χ1n) is 8.93. The largest absolute Gasteiger partial charge is 0.411 e. The number of hydrogen-bond acceptors (Lipinski definition) is 3. The lowest BCUT2D eigenvalue weighted by molar-refractivity contribution is -0.176. The van der Waals surface area contributed by atoms with Crippen molar-refractivity contribution in [1.82, 2.24) is 9.78 Å². The zero-order valence-corrected chi connectivity index (χ0v) is 16.0. The van der Waals surface area contributed by atoms with E-state index in [4.69, 9.17) is 0 Å². The number of rotatable bonds is 7. The first-order valence-corrected chi connectivity index (χ1v) is 8.93. The highest BCUT2D eigenvalue weighted by molar-refractivity contribution is 6.03. The molecular weight excluding hydrogens is 447 g/mol. The quantitative estimate of drug-likeness (QED) is 0.406. The Kier molecular flexibility index (Phi) is 6.82. The van der Waals surface area contributed by atoms with Crippen LogP contribution in [0.5, 0.6) is 0 Å². The summed E-state index contributed by atoms with van der Waals surface area (Å²) in [5.74, 6) is -6.83. The van der Waals surface area contributed by atoms with Gasteiger partial charge in [-0.15, -0.1) is 0 Å². The van der Waals surface area contributed by atoms with Crippen LogP contribution < -0.4 is 5.32 Å². The van der Waals surface area contributed by atoms with Gasteiger partial charge in [0.15, 0.2) is 29.1 Å². The van der Waals surface area contributed by atoms with Crippen LogP contribution in [0.1, 0.15) is 21.5 Å². The van der Waals surface area contributed by atoms with Crippen LogP contribution in [0, 0.1) is 23.3 Å². The molecule has 0 atom stereocenters. The van der Waals surface area contributed by atoms with E-state index in [1.165, 1.54) is 36.5 Å². The number of benzene rings is 2. The molecule has 12 heteroatoms. The monoisotopic (exact) mass is 461 g/mol. The Bertz CT molecular complexity index is 1090. The highest BCUT2D eigenvalue weighted by Gasteiger charge is 2.27. The first kappa shape index (κ1) is 23.3. The van der Waals surface area contributed by atoms with Gasteiger partial charge in [0.05, 0.1) is 18.7 Å². The van der Waals surface area contributed by atoms with Crippen molar-refractivity contribution in [2.24, 2.45) is 0 Å². The molecule has 1 heterocycles. The SMILES string of the molecule is O=C(Nc1ccn(Cc2c(F)c(F)cc(F)c2F)n1)c1ccc(COCC(F)(F)F)cc1. The molecule has 0 aliphatic carbocycles. The molecule has 5 nitrogen and oxygen atoms in total. The molecule has 3 rings (SSSR count). The fourth-order valence-corrected chi connectivity index (χ4v) is 2.67. The lowest BCUT2D eigenvalue weighted by Crippen LogP contribution is -2.16. The second kappa shape index (κ2) is 9.39. The van der Waals surface area contributed by atoms with Crippen LogP contribution in [0.15, 0.2) is 42.6 Å². The molecule has 2 aromatic carbocycles. The highest BCUT2D eigenvalue weighted by Crippen LogP contribution is 2.21. The lowest BCUT2D eigenvalue weighted by Gasteiger charge is -2.08. The summed E-state index contributed by atoms with van der Waals surface area (Å²) in [6, 6.07) is 6.93. The van der Waals surface area contributed by atoms with Crippen LogP contribution in [0.25, 0.3) is 0 Å². The third kappa shape index (κ3) is 5.84. The Morgan fingerprint density at radius 1 is 1.00 bits per heavy atom. The molecule has 0 saturated heterocycles. The van der Waals surface area contributed by atoms with Crippen LogP contribution in [0.2, 0.25) is 0 Å². The molecule has 170 valence electrons. The standard InChI is InChI=1S/C20H14F7N3O2/c21-14-7-15(22)18(24)13(17(14)23)8-30-6-5-16(29-30)28-19(31)12-3-1-11(2-4-12)9-32-10-20(25,26)27/h1-7H,8-10H2,(H,28,29,31). The van der Waals surface area contributed by atoms with Gasteiger partial charge in [-0.2, -0.15) is 18.3 Å². The van der Waals surface area contributed by atoms with E-state index in [1.807, 2.05) is 0 Å². The molecule has 0 spiro atoms. The van der Waals surface area contributed by atoms with E-state index in [1.54, 1.807) is 0 Å². The van der Waals surface area contributed by atoms with Crippen molar-refractivity contribution >= 4 is 11.7 Å². The van der Waals surface area contributed by atoms with E-state index in [0.29, 0.717) is 5.56 Å². The number of hydrogen-bond donors (Lipinski definition) is 1. The van der Waals surface area contributed by atoms with Gasteiger partial charge >= 0.3 is 6.18 Å². The van der Waals surface area contributed by atoms with E-state index in [2.05, 4.69) is 15.2 Å². The van der Waals surface area contributed by atoms with Crippen LogP contribution in [0.3, 0.4) is 0 Å². The van der Waals surface area contributed by atoms with Crippen molar-refractivity contribution in [3.63, 3.8) is 0 Å². The number of aromatic nitrogens is 2. The van der Waals surface area contributed by atoms with Crippen LogP contribution >= 0.6 is 0 Å². The minimum Gasteiger partial charge on any atom is -0.367 e. The van der Waals surface area contributed by atoms with Crippen LogP contribution in [0.4, 0.5) is 36.6 Å². The summed E-state index contributed by atoms with van der Waals surface area (Å²) in [7, 11) is 0. The van der Waals surface area contributed by atoms with Gasteiger partial charge in [-0.25, -0.2) is 17.6 Å². The summed E-state index contributed by atoms with van der Waals surface area (Å²) in [5.41, 5.74) is -0.295. The highest BCUT2D eigenvalue weighted by atomic mass is 19.4. The molecule has 3 aromatic rings. The molecule has 0 radical (unpaired) electrons. The number of alkyl halides is 3. The zero-order chi connectivity index (χ0) is 23.5. The molecule has 1 aromatic heterocycles. The average Bonchev–Trinajstić information content (AvgIpc) is 3.16. The van der Waals surface area contributed by atoms with E-state index >= 15 is 0 Å². The van der Waals surface area contributed by atoms with Crippen molar-refractivity contribution in [3.05, 3.63) is 82.6 Å². The van der Waals surface area contributed by atoms with Crippen LogP contribution in [-0.2, 0) is 17.9 Å². The molecule has 0 bridgehead atoms. The second-order valence-corrected chi connectivity index (χ2v) is 6.60. The van der Waals surface area contributed by atoms with Gasteiger partial charge in [0.2, 0.25) is 0 Å². The summed E-state index contributed by atoms with van der Waals surface area (Å²) >= 11 is 0. The summed E-state index contributed by atoms with van der Waals surface area (Å²) < 4.78 is 95.9. The Labute approximate surface area is 176 Å². The molecule has 0 unspecified atom stereocenters. The number of amides is 1. The summed E-state index contributed by atoms with van der Waals surface area (Å²) in [4.78, 5) is 12.3. The summed E-state index contributed by atoms with van der Waals surface area (Å²) in [6.45, 7) is -2.32. The molecular formula is C20H14F7N3O2. The van der Waals surface area contributed by atoms with Crippen molar-refractivity contribution in [2.45, 2.75) is 19.3 Å². The van der Waals surface area contributed by atoms with Crippen molar-refractivity contribution in [3.8, 4) is 0 Å². The lowest BCUT2D eigenvalue weighted by atomic mass is 10.1. The Morgan fingerprint density at radius 2 is 1.62 bits per heavy atom. The smallest absolute Gasteiger partial charge is 0.367 e. The van der Waals surface area contributed by atoms with Crippen molar-refractivity contribution in [2.75, 3.05) is 11.9 Å². The number of nitrogens with zero attached hydrogens (tertiary/aromatic N) is 2. The fraction of sp³-hybridized carbons (Fsp3) is 0.200. The van der Waals surface area contributed by atoms with Crippen molar-refractivity contribution < 1.29 is 40.3 Å². The maximum absolute atomic E-state index is 13.8. The topological polar surface area (TPSA) is 56.2 Å². The van der Waals surface area contributed by atoms with Gasteiger partial charge in [0.25, 0.3) is 5.91 Å². The molecule has 0 aliphatic heterocycles. The number of carbonyl (C=O) groups is 1. The molecule has 0 saturated carbocycles. The Balaban J connectivity index is 1.62. The zero-order valence-electron chi connectivity index (χ0n) is 16.0. The van der Waals surface area contributed by atoms with E-state index in [9.17, 15) is 35.5 Å². The van der Waals surface area contributed by atoms with E-state index < -0.39 is 54.1 Å². The third-order valence-corrected chi connectivity index (χ3v) is 4.16. The number of halogens is 7. The van der Waals surface area contributed by atoms with Gasteiger partial charge in [0, 0.05) is 23.9 Å². The fourth-order valence-electron chi connectivity index (χ4n) is 2.67. The maximum Gasteiger partial charge on any atom is 0.411 e. The Morgan fingerprint density at radius 3 is 2.22 bits per heavy atom. The summed E-state index contributed by atoms with van der Waals surface area (Å²) in [6.07, 6.45) is -3.21. The van der Waals surface area contributed by atoms with E-state index in [0.717, 1.165) is 4.68 Å². The molecule has 1 N–H and O–H groups in total. The molecule has 0 aliphatic rings. The molecule has 1 amide bonds. The van der Waals surface area contributed by atoms with Gasteiger partial charge in [0.1, 0.15) is 6.61 Å². The van der Waals surface area contributed by atoms with Gasteiger partial charge in [-0.1, -0.05) is 12.1 Å². The Hall–Kier alpha value is -3.41. The van der Waals surface area contributed by atoms with Gasteiger partial charge in [-0.3, -0.25) is 9.48 Å². The maximum atomic E-state index is 13.8. The number of nitrogens with one attached hydrogen (secondary N) is 1. The predicted octanol–water partition coefficient (Wildman–Crippen LogP) is 4.82.